The van der Waals surface area contributed by atoms with Gasteiger partial charge in [0.1, 0.15) is 0 Å². The molecule has 1 aliphatic heterocycles. The van der Waals surface area contributed by atoms with Crippen molar-refractivity contribution in [2.75, 3.05) is 12.3 Å². The lowest BCUT2D eigenvalue weighted by molar-refractivity contribution is -0.0366. The molecule has 1 aromatic heterocycles. The third-order valence-electron chi connectivity index (χ3n) is 4.18. The highest BCUT2D eigenvalue weighted by molar-refractivity contribution is 5.91. The van der Waals surface area contributed by atoms with E-state index < -0.39 is 5.41 Å². The van der Waals surface area contributed by atoms with Gasteiger partial charge >= 0.3 is 0 Å². The second-order valence-corrected chi connectivity index (χ2v) is 6.15. The Kier molecular flexibility index (Phi) is 3.34. The maximum atomic E-state index is 9.34. The number of nitriles is 1. The molecule has 1 unspecified atom stereocenters. The predicted molar refractivity (Wildman–Crippen MR) is 81.6 cm³/mol. The Morgan fingerprint density at radius 3 is 2.90 bits per heavy atom. The summed E-state index contributed by atoms with van der Waals surface area (Å²) in [5.74, 6) is 0. The number of ether oxygens (including phenoxy) is 1. The van der Waals surface area contributed by atoms with Crippen LogP contribution in [-0.2, 0) is 10.2 Å². The molecule has 0 spiro atoms. The van der Waals surface area contributed by atoms with Crippen LogP contribution < -0.4 is 5.73 Å². The van der Waals surface area contributed by atoms with Crippen LogP contribution in [0.5, 0.6) is 0 Å². The lowest BCUT2D eigenvalue weighted by atomic mass is 9.85. The second kappa shape index (κ2) is 5.05. The normalized spacial score (nSPS) is 19.6. The molecular formula is C16H20N4O. The summed E-state index contributed by atoms with van der Waals surface area (Å²) in [6.07, 6.45) is 4.96. The van der Waals surface area contributed by atoms with Crippen LogP contribution in [0.4, 0.5) is 5.69 Å². The van der Waals surface area contributed by atoms with Crippen molar-refractivity contribution in [1.82, 2.24) is 9.78 Å². The van der Waals surface area contributed by atoms with Crippen molar-refractivity contribution in [3.8, 4) is 6.07 Å². The third kappa shape index (κ3) is 2.36. The van der Waals surface area contributed by atoms with Crippen LogP contribution in [0.25, 0.3) is 10.9 Å². The summed E-state index contributed by atoms with van der Waals surface area (Å²) in [6, 6.07) is 6.21. The fourth-order valence-corrected chi connectivity index (χ4v) is 2.74. The van der Waals surface area contributed by atoms with Crippen LogP contribution >= 0.6 is 0 Å². The number of nitrogen functional groups attached to an aromatic ring is 1. The summed E-state index contributed by atoms with van der Waals surface area (Å²) in [5.41, 5.74) is 8.08. The fraction of sp³-hybridized carbons (Fsp3) is 0.500. The van der Waals surface area contributed by atoms with Gasteiger partial charge in [-0.15, -0.1) is 0 Å². The second-order valence-electron chi connectivity index (χ2n) is 6.15. The molecule has 0 radical (unpaired) electrons. The highest BCUT2D eigenvalue weighted by atomic mass is 16.5. The van der Waals surface area contributed by atoms with E-state index in [9.17, 15) is 5.26 Å². The molecule has 1 aromatic carbocycles. The fourth-order valence-electron chi connectivity index (χ4n) is 2.74. The van der Waals surface area contributed by atoms with E-state index >= 15 is 0 Å². The van der Waals surface area contributed by atoms with Gasteiger partial charge in [-0.05, 0) is 50.8 Å². The molecular weight excluding hydrogens is 264 g/mol. The highest BCUT2D eigenvalue weighted by Crippen LogP contribution is 2.33. The standard InChI is InChI=1S/C16H20N4O/c1-16(2,10-17)11-7-13(18)12-9-19-20(14(12)8-11)15-5-3-4-6-21-15/h7-9,15H,3-6,18H2,1-2H3. The summed E-state index contributed by atoms with van der Waals surface area (Å²) in [7, 11) is 0. The number of anilines is 1. The van der Waals surface area contributed by atoms with Crippen molar-refractivity contribution >= 4 is 16.6 Å². The minimum atomic E-state index is -0.579. The summed E-state index contributed by atoms with van der Waals surface area (Å²) in [5, 5.41) is 14.7. The minimum absolute atomic E-state index is 0.0314. The molecule has 5 heteroatoms. The van der Waals surface area contributed by atoms with Gasteiger partial charge in [0, 0.05) is 17.7 Å². The summed E-state index contributed by atoms with van der Waals surface area (Å²) >= 11 is 0. The maximum absolute atomic E-state index is 9.34. The van der Waals surface area contributed by atoms with Crippen molar-refractivity contribution in [1.29, 1.82) is 5.26 Å². The van der Waals surface area contributed by atoms with Gasteiger partial charge in [0.15, 0.2) is 6.23 Å². The van der Waals surface area contributed by atoms with E-state index in [1.807, 2.05) is 30.7 Å². The molecule has 1 atom stereocenters. The van der Waals surface area contributed by atoms with Gasteiger partial charge in [-0.2, -0.15) is 10.4 Å². The zero-order valence-electron chi connectivity index (χ0n) is 12.5. The zero-order chi connectivity index (χ0) is 15.0. The maximum Gasteiger partial charge on any atom is 0.150 e. The van der Waals surface area contributed by atoms with Crippen LogP contribution in [0.3, 0.4) is 0 Å². The largest absolute Gasteiger partial charge is 0.398 e. The molecule has 1 fully saturated rings. The Bertz CT molecular complexity index is 705. The Balaban J connectivity index is 2.13. The molecule has 0 amide bonds. The quantitative estimate of drug-likeness (QED) is 0.859. The van der Waals surface area contributed by atoms with Crippen LogP contribution in [0.15, 0.2) is 18.3 Å². The van der Waals surface area contributed by atoms with E-state index in [4.69, 9.17) is 10.5 Å². The predicted octanol–water partition coefficient (Wildman–Crippen LogP) is 3.12. The number of hydrogen-bond acceptors (Lipinski definition) is 4. The van der Waals surface area contributed by atoms with Crippen molar-refractivity contribution in [3.63, 3.8) is 0 Å². The Hall–Kier alpha value is -2.06. The molecule has 3 rings (SSSR count). The summed E-state index contributed by atoms with van der Waals surface area (Å²) in [4.78, 5) is 0. The van der Waals surface area contributed by atoms with Crippen molar-refractivity contribution in [2.45, 2.75) is 44.8 Å². The van der Waals surface area contributed by atoms with Gasteiger partial charge in [-0.25, -0.2) is 4.68 Å². The van der Waals surface area contributed by atoms with E-state index in [2.05, 4.69) is 11.2 Å². The van der Waals surface area contributed by atoms with E-state index in [-0.39, 0.29) is 6.23 Å². The Morgan fingerprint density at radius 1 is 1.43 bits per heavy atom. The van der Waals surface area contributed by atoms with E-state index in [1.165, 1.54) is 0 Å². The number of fused-ring (bicyclic) bond motifs is 1. The van der Waals surface area contributed by atoms with Crippen molar-refractivity contribution < 1.29 is 4.74 Å². The first-order valence-electron chi connectivity index (χ1n) is 7.33. The molecule has 1 aliphatic rings. The number of rotatable bonds is 2. The van der Waals surface area contributed by atoms with Gasteiger partial charge in [-0.3, -0.25) is 0 Å². The smallest absolute Gasteiger partial charge is 0.150 e. The minimum Gasteiger partial charge on any atom is -0.398 e. The first-order chi connectivity index (χ1) is 10.0. The number of nitrogens with two attached hydrogens (primary N) is 1. The Morgan fingerprint density at radius 2 is 2.24 bits per heavy atom. The molecule has 0 bridgehead atoms. The van der Waals surface area contributed by atoms with Crippen molar-refractivity contribution in [2.24, 2.45) is 0 Å². The van der Waals surface area contributed by atoms with Gasteiger partial charge in [0.05, 0.1) is 23.2 Å². The van der Waals surface area contributed by atoms with Gasteiger partial charge < -0.3 is 10.5 Å². The van der Waals surface area contributed by atoms with Crippen LogP contribution in [0.1, 0.15) is 44.9 Å². The van der Waals surface area contributed by atoms with Crippen molar-refractivity contribution in [3.05, 3.63) is 23.9 Å². The molecule has 1 saturated heterocycles. The molecule has 21 heavy (non-hydrogen) atoms. The van der Waals surface area contributed by atoms with Crippen LogP contribution in [0.2, 0.25) is 0 Å². The average molecular weight is 284 g/mol. The molecule has 0 saturated carbocycles. The summed E-state index contributed by atoms with van der Waals surface area (Å²) < 4.78 is 7.72. The lowest BCUT2D eigenvalue weighted by Gasteiger charge is -2.24. The van der Waals surface area contributed by atoms with Crippen LogP contribution in [0, 0.1) is 11.3 Å². The average Bonchev–Trinajstić information content (AvgIpc) is 2.92. The monoisotopic (exact) mass is 284 g/mol. The number of nitrogens with zero attached hydrogens (tertiary/aromatic N) is 3. The third-order valence-corrected chi connectivity index (χ3v) is 4.18. The lowest BCUT2D eigenvalue weighted by Crippen LogP contribution is -2.19. The van der Waals surface area contributed by atoms with E-state index in [0.29, 0.717) is 5.69 Å². The van der Waals surface area contributed by atoms with Gasteiger partial charge in [0.2, 0.25) is 0 Å². The number of benzene rings is 1. The molecule has 2 N–H and O–H groups in total. The van der Waals surface area contributed by atoms with Gasteiger partial charge in [-0.1, -0.05) is 0 Å². The zero-order valence-corrected chi connectivity index (χ0v) is 12.5. The topological polar surface area (TPSA) is 76.9 Å². The highest BCUT2D eigenvalue weighted by Gasteiger charge is 2.24. The Labute approximate surface area is 124 Å². The molecule has 2 heterocycles. The number of aromatic nitrogens is 2. The first-order valence-corrected chi connectivity index (χ1v) is 7.33. The number of hydrogen-bond donors (Lipinski definition) is 1. The molecule has 110 valence electrons. The van der Waals surface area contributed by atoms with Gasteiger partial charge in [0.25, 0.3) is 0 Å². The summed E-state index contributed by atoms with van der Waals surface area (Å²) in [6.45, 7) is 4.56. The molecule has 0 aliphatic carbocycles. The molecule has 5 nitrogen and oxygen atoms in total. The SMILES string of the molecule is CC(C)(C#N)c1cc(N)c2cnn(C3CCCCO3)c2c1. The van der Waals surface area contributed by atoms with Crippen LogP contribution in [-0.4, -0.2) is 16.4 Å². The van der Waals surface area contributed by atoms with E-state index in [0.717, 1.165) is 42.3 Å². The van der Waals surface area contributed by atoms with E-state index in [1.54, 1.807) is 6.20 Å². The molecule has 2 aromatic rings. The first kappa shape index (κ1) is 13.9.